The van der Waals surface area contributed by atoms with Crippen LogP contribution in [0.15, 0.2) is 48.5 Å². The van der Waals surface area contributed by atoms with Gasteiger partial charge in [0.15, 0.2) is 6.04 Å². The highest BCUT2D eigenvalue weighted by Crippen LogP contribution is 2.36. The van der Waals surface area contributed by atoms with Gasteiger partial charge in [0.1, 0.15) is 0 Å². The Hall–Kier alpha value is -2.66. The van der Waals surface area contributed by atoms with E-state index in [-0.39, 0.29) is 22.5 Å². The highest BCUT2D eigenvalue weighted by Gasteiger charge is 2.42. The lowest BCUT2D eigenvalue weighted by atomic mass is 10.0. The zero-order valence-electron chi connectivity index (χ0n) is 17.1. The Morgan fingerprint density at radius 1 is 1.06 bits per heavy atom. The van der Waals surface area contributed by atoms with Crippen molar-refractivity contribution in [3.63, 3.8) is 0 Å². The summed E-state index contributed by atoms with van der Waals surface area (Å²) in [5.41, 5.74) is -1.48. The smallest absolute Gasteiger partial charge is 0.348 e. The van der Waals surface area contributed by atoms with Gasteiger partial charge in [-0.15, -0.1) is 0 Å². The lowest BCUT2D eigenvalue weighted by Crippen LogP contribution is -2.43. The zero-order chi connectivity index (χ0) is 25.1. The van der Waals surface area contributed by atoms with Crippen LogP contribution in [0.4, 0.5) is 26.3 Å². The molecule has 4 nitrogen and oxygen atoms in total. The Labute approximate surface area is 199 Å². The number of rotatable bonds is 6. The predicted octanol–water partition coefficient (Wildman–Crippen LogP) is 5.64. The fourth-order valence-corrected chi connectivity index (χ4v) is 3.93. The molecule has 0 aliphatic carbocycles. The first-order valence-corrected chi connectivity index (χ1v) is 11.3. The molecule has 182 valence electrons. The molecular weight excluding hydrogens is 506 g/mol. The van der Waals surface area contributed by atoms with E-state index in [0.29, 0.717) is 17.7 Å². The molecule has 2 amide bonds. The Bertz CT molecular complexity index is 1100. The molecule has 1 atom stereocenters. The van der Waals surface area contributed by atoms with E-state index in [1.54, 1.807) is 17.1 Å². The number of hydrogen-bond acceptors (Lipinski definition) is 3. The van der Waals surface area contributed by atoms with Gasteiger partial charge >= 0.3 is 12.4 Å². The molecule has 2 aromatic carbocycles. The third kappa shape index (κ3) is 6.69. The molecule has 34 heavy (non-hydrogen) atoms. The van der Waals surface area contributed by atoms with Gasteiger partial charge in [0.05, 0.1) is 16.1 Å². The topological polar surface area (TPSA) is 58.2 Å². The van der Waals surface area contributed by atoms with Gasteiger partial charge in [0.25, 0.3) is 5.91 Å². The van der Waals surface area contributed by atoms with Crippen molar-refractivity contribution in [1.82, 2.24) is 10.6 Å². The first kappa shape index (κ1) is 26.0. The van der Waals surface area contributed by atoms with Gasteiger partial charge in [0, 0.05) is 23.6 Å². The van der Waals surface area contributed by atoms with Crippen LogP contribution in [0.1, 0.15) is 33.1 Å². The molecule has 0 aromatic heterocycles. The first-order chi connectivity index (χ1) is 15.8. The number of hydrogen-bond donors (Lipinski definition) is 2. The molecule has 0 radical (unpaired) electrons. The van der Waals surface area contributed by atoms with Gasteiger partial charge in [0.2, 0.25) is 5.91 Å². The maximum Gasteiger partial charge on any atom is 0.416 e. The summed E-state index contributed by atoms with van der Waals surface area (Å²) in [7, 11) is 0. The Balaban J connectivity index is 1.71. The summed E-state index contributed by atoms with van der Waals surface area (Å²) in [6.07, 6.45) is -7.91. The second-order valence-corrected chi connectivity index (χ2v) is 8.87. The number of amides is 2. The molecule has 0 saturated carbocycles. The summed E-state index contributed by atoms with van der Waals surface area (Å²) in [6.45, 7) is 0. The van der Waals surface area contributed by atoms with Crippen molar-refractivity contribution in [3.8, 4) is 0 Å². The van der Waals surface area contributed by atoms with Crippen LogP contribution in [0.25, 0.3) is 6.08 Å². The first-order valence-electron chi connectivity index (χ1n) is 9.75. The Morgan fingerprint density at radius 2 is 1.76 bits per heavy atom. The van der Waals surface area contributed by atoms with E-state index in [1.807, 2.05) is 0 Å². The number of benzene rings is 2. The van der Waals surface area contributed by atoms with Crippen LogP contribution in [0, 0.1) is 0 Å². The molecule has 1 aliphatic heterocycles. The third-order valence-electron chi connectivity index (χ3n) is 4.80. The molecule has 1 heterocycles. The lowest BCUT2D eigenvalue weighted by molar-refractivity contribution is -0.162. The van der Waals surface area contributed by atoms with Crippen molar-refractivity contribution in [1.29, 1.82) is 0 Å². The quantitative estimate of drug-likeness (QED) is 0.381. The SMILES string of the molecule is O=C(/C=C/c1ccc(C(=O)NC2CSC2)c(Cl)c1)NC(c1cccc(C(F)(F)F)c1)C(F)(F)F. The second-order valence-electron chi connectivity index (χ2n) is 7.39. The van der Waals surface area contributed by atoms with E-state index in [1.165, 1.54) is 24.3 Å². The number of halogens is 7. The number of nitrogens with one attached hydrogen (secondary N) is 2. The third-order valence-corrected chi connectivity index (χ3v) is 6.39. The van der Waals surface area contributed by atoms with E-state index in [4.69, 9.17) is 11.6 Å². The molecule has 1 saturated heterocycles. The van der Waals surface area contributed by atoms with Gasteiger partial charge in [-0.25, -0.2) is 0 Å². The van der Waals surface area contributed by atoms with Gasteiger partial charge in [-0.3, -0.25) is 9.59 Å². The standard InChI is InChI=1S/C22H17ClF6N2O2S/c23-17-8-12(4-6-16(17)20(33)30-15-10-34-11-15)5-7-18(32)31-19(22(27,28)29)13-2-1-3-14(9-13)21(24,25)26/h1-9,15,19H,10-11H2,(H,30,33)(H,31,32)/b7-5+. The van der Waals surface area contributed by atoms with Crippen LogP contribution >= 0.6 is 23.4 Å². The van der Waals surface area contributed by atoms with Crippen molar-refractivity contribution >= 4 is 41.3 Å². The molecule has 1 fully saturated rings. The van der Waals surface area contributed by atoms with Gasteiger partial charge in [-0.05, 0) is 41.5 Å². The van der Waals surface area contributed by atoms with Gasteiger partial charge in [-0.2, -0.15) is 38.1 Å². The minimum atomic E-state index is -5.04. The predicted molar refractivity (Wildman–Crippen MR) is 117 cm³/mol. The van der Waals surface area contributed by atoms with Crippen LogP contribution in [0.5, 0.6) is 0 Å². The van der Waals surface area contributed by atoms with E-state index in [9.17, 15) is 35.9 Å². The maximum absolute atomic E-state index is 13.5. The Kier molecular flexibility index (Phi) is 7.87. The normalized spacial score (nSPS) is 15.6. The van der Waals surface area contributed by atoms with Gasteiger partial charge < -0.3 is 10.6 Å². The molecular formula is C22H17ClF6N2O2S. The molecule has 1 aliphatic rings. The maximum atomic E-state index is 13.5. The molecule has 2 N–H and O–H groups in total. The average molecular weight is 523 g/mol. The minimum absolute atomic E-state index is 0.0650. The summed E-state index contributed by atoms with van der Waals surface area (Å²) in [5, 5.41) is 4.58. The summed E-state index contributed by atoms with van der Waals surface area (Å²) >= 11 is 7.81. The van der Waals surface area contributed by atoms with Crippen LogP contribution in [-0.4, -0.2) is 35.5 Å². The van der Waals surface area contributed by atoms with Crippen LogP contribution < -0.4 is 10.6 Å². The molecule has 12 heteroatoms. The van der Waals surface area contributed by atoms with Crippen molar-refractivity contribution in [2.75, 3.05) is 11.5 Å². The highest BCUT2D eigenvalue weighted by atomic mass is 35.5. The van der Waals surface area contributed by atoms with Crippen molar-refractivity contribution in [2.24, 2.45) is 0 Å². The van der Waals surface area contributed by atoms with E-state index in [2.05, 4.69) is 5.32 Å². The van der Waals surface area contributed by atoms with E-state index >= 15 is 0 Å². The molecule has 1 unspecified atom stereocenters. The minimum Gasteiger partial charge on any atom is -0.348 e. The number of carbonyl (C=O) groups is 2. The van der Waals surface area contributed by atoms with Crippen molar-refractivity contribution in [3.05, 3.63) is 75.8 Å². The van der Waals surface area contributed by atoms with Crippen molar-refractivity contribution in [2.45, 2.75) is 24.4 Å². The zero-order valence-corrected chi connectivity index (χ0v) is 18.7. The fraction of sp³-hybridized carbons (Fsp3) is 0.273. The van der Waals surface area contributed by atoms with E-state index < -0.39 is 35.4 Å². The highest BCUT2D eigenvalue weighted by molar-refractivity contribution is 8.00. The van der Waals surface area contributed by atoms with Gasteiger partial charge in [-0.1, -0.05) is 29.8 Å². The molecule has 0 spiro atoms. The number of thioether (sulfide) groups is 1. The summed E-state index contributed by atoms with van der Waals surface area (Å²) < 4.78 is 79.1. The number of alkyl halides is 6. The van der Waals surface area contributed by atoms with Crippen LogP contribution in [-0.2, 0) is 11.0 Å². The molecule has 2 aromatic rings. The molecule has 0 bridgehead atoms. The van der Waals surface area contributed by atoms with Crippen molar-refractivity contribution < 1.29 is 35.9 Å². The summed E-state index contributed by atoms with van der Waals surface area (Å²) in [5.74, 6) is 0.0649. The molecule has 3 rings (SSSR count). The van der Waals surface area contributed by atoms with E-state index in [0.717, 1.165) is 29.7 Å². The Morgan fingerprint density at radius 3 is 2.32 bits per heavy atom. The fourth-order valence-electron chi connectivity index (χ4n) is 3.01. The van der Waals surface area contributed by atoms with Crippen LogP contribution in [0.2, 0.25) is 5.02 Å². The lowest BCUT2D eigenvalue weighted by Gasteiger charge is -2.26. The largest absolute Gasteiger partial charge is 0.416 e. The summed E-state index contributed by atoms with van der Waals surface area (Å²) in [4.78, 5) is 24.3. The number of carbonyl (C=O) groups excluding carboxylic acids is 2. The average Bonchev–Trinajstić information content (AvgIpc) is 2.71. The van der Waals surface area contributed by atoms with Crippen LogP contribution in [0.3, 0.4) is 0 Å². The monoisotopic (exact) mass is 522 g/mol. The summed E-state index contributed by atoms with van der Waals surface area (Å²) in [6, 6.07) is 4.32. The second kappa shape index (κ2) is 10.3.